The lowest BCUT2D eigenvalue weighted by atomic mass is 10.1. The van der Waals surface area contributed by atoms with Gasteiger partial charge in [0.1, 0.15) is 11.5 Å². The van der Waals surface area contributed by atoms with E-state index >= 15 is 0 Å². The molecule has 0 atom stereocenters. The Morgan fingerprint density at radius 2 is 1.37 bits per heavy atom. The Balaban J connectivity index is 1.68. The first kappa shape index (κ1) is 23.3. The minimum absolute atomic E-state index is 0.189. The van der Waals surface area contributed by atoms with Crippen molar-refractivity contribution in [3.05, 3.63) is 61.2 Å². The Kier molecular flexibility index (Phi) is 11.0. The van der Waals surface area contributed by atoms with E-state index in [1.807, 2.05) is 37.3 Å². The Hall–Kier alpha value is -2.95. The summed E-state index contributed by atoms with van der Waals surface area (Å²) in [5.41, 5.74) is 1.44. The van der Waals surface area contributed by atoms with Crippen molar-refractivity contribution in [3.63, 3.8) is 0 Å². The van der Waals surface area contributed by atoms with E-state index in [0.717, 1.165) is 30.7 Å². The molecule has 0 saturated carbocycles. The normalized spacial score (nSPS) is 10.8. The highest BCUT2D eigenvalue weighted by Crippen LogP contribution is 2.23. The molecule has 2 aromatic carbocycles. The molecule has 160 valence electrons. The van der Waals surface area contributed by atoms with Crippen LogP contribution in [-0.4, -0.2) is 12.6 Å². The van der Waals surface area contributed by atoms with Crippen molar-refractivity contribution in [2.45, 2.75) is 58.3 Å². The number of nitrogens with zero attached hydrogens (tertiary/aromatic N) is 2. The zero-order valence-corrected chi connectivity index (χ0v) is 17.9. The number of allylic oxidation sites excluding steroid dienone is 1. The van der Waals surface area contributed by atoms with Crippen LogP contribution in [0.25, 0.3) is 0 Å². The predicted molar refractivity (Wildman–Crippen MR) is 121 cm³/mol. The zero-order valence-electron chi connectivity index (χ0n) is 17.9. The number of carbonyl (C=O) groups excluding carboxylic acids is 1. The molecule has 0 aliphatic carbocycles. The van der Waals surface area contributed by atoms with E-state index in [0.29, 0.717) is 24.5 Å². The van der Waals surface area contributed by atoms with Crippen molar-refractivity contribution in [1.82, 2.24) is 0 Å². The lowest BCUT2D eigenvalue weighted by molar-refractivity contribution is -0.134. The van der Waals surface area contributed by atoms with Crippen molar-refractivity contribution >= 4 is 17.3 Å². The van der Waals surface area contributed by atoms with Crippen molar-refractivity contribution in [3.8, 4) is 11.5 Å². The topological polar surface area (TPSA) is 60.2 Å². The van der Waals surface area contributed by atoms with E-state index in [1.165, 1.54) is 25.7 Å². The molecule has 0 saturated heterocycles. The molecule has 0 N–H and O–H groups in total. The summed E-state index contributed by atoms with van der Waals surface area (Å²) in [6.07, 6.45) is 10.3. The number of unbranched alkanes of at least 4 members (excludes halogenated alkanes) is 6. The fourth-order valence-electron chi connectivity index (χ4n) is 2.92. The Labute approximate surface area is 179 Å². The van der Waals surface area contributed by atoms with Gasteiger partial charge in [0.2, 0.25) is 0 Å². The molecule has 0 unspecified atom stereocenters. The zero-order chi connectivity index (χ0) is 21.4. The Morgan fingerprint density at radius 1 is 0.833 bits per heavy atom. The first-order valence-corrected chi connectivity index (χ1v) is 10.8. The molecule has 2 aromatic rings. The standard InChI is InChI=1S/C25H32N2O3/c1-3-5-6-7-8-9-10-11-12-25(28)30-24-19-15-22(16-20-24)27-26-21-13-17-23(18-14-21)29-4-2/h3,13-20H,1,4-12H2,2H3/b27-26+. The van der Waals surface area contributed by atoms with Gasteiger partial charge in [0.15, 0.2) is 0 Å². The van der Waals surface area contributed by atoms with Crippen LogP contribution in [0.15, 0.2) is 71.4 Å². The van der Waals surface area contributed by atoms with Crippen LogP contribution in [0.3, 0.4) is 0 Å². The third-order valence-electron chi connectivity index (χ3n) is 4.54. The second kappa shape index (κ2) is 14.1. The number of esters is 1. The van der Waals surface area contributed by atoms with Gasteiger partial charge in [0, 0.05) is 6.42 Å². The van der Waals surface area contributed by atoms with E-state index < -0.39 is 0 Å². The van der Waals surface area contributed by atoms with Crippen LogP contribution in [0.4, 0.5) is 11.4 Å². The molecule has 0 fully saturated rings. The molecule has 5 nitrogen and oxygen atoms in total. The Bertz CT molecular complexity index is 783. The number of benzene rings is 2. The predicted octanol–water partition coefficient (Wildman–Crippen LogP) is 7.71. The molecule has 0 radical (unpaired) electrons. The summed E-state index contributed by atoms with van der Waals surface area (Å²) in [6, 6.07) is 14.5. The van der Waals surface area contributed by atoms with Crippen LogP contribution in [-0.2, 0) is 4.79 Å². The van der Waals surface area contributed by atoms with Crippen molar-refractivity contribution in [2.75, 3.05) is 6.61 Å². The maximum atomic E-state index is 12.0. The number of hydrogen-bond donors (Lipinski definition) is 0. The molecular formula is C25H32N2O3. The van der Waals surface area contributed by atoms with E-state index in [2.05, 4.69) is 16.8 Å². The highest BCUT2D eigenvalue weighted by atomic mass is 16.5. The number of rotatable bonds is 14. The second-order valence-electron chi connectivity index (χ2n) is 7.04. The summed E-state index contributed by atoms with van der Waals surface area (Å²) in [5.74, 6) is 1.15. The Morgan fingerprint density at radius 3 is 1.93 bits per heavy atom. The first-order chi connectivity index (χ1) is 14.7. The van der Waals surface area contributed by atoms with E-state index in [-0.39, 0.29) is 5.97 Å². The minimum Gasteiger partial charge on any atom is -0.494 e. The highest BCUT2D eigenvalue weighted by molar-refractivity contribution is 5.72. The summed E-state index contributed by atoms with van der Waals surface area (Å²) >= 11 is 0. The van der Waals surface area contributed by atoms with Gasteiger partial charge < -0.3 is 9.47 Å². The third kappa shape index (κ3) is 9.50. The molecule has 0 aliphatic heterocycles. The number of ether oxygens (including phenoxy) is 2. The minimum atomic E-state index is -0.189. The largest absolute Gasteiger partial charge is 0.494 e. The van der Waals surface area contributed by atoms with Crippen LogP contribution in [0.1, 0.15) is 58.3 Å². The molecule has 0 heterocycles. The van der Waals surface area contributed by atoms with Gasteiger partial charge in [-0.15, -0.1) is 6.58 Å². The van der Waals surface area contributed by atoms with Gasteiger partial charge in [-0.2, -0.15) is 10.2 Å². The lowest BCUT2D eigenvalue weighted by Gasteiger charge is -2.05. The molecular weight excluding hydrogens is 376 g/mol. The molecule has 5 heteroatoms. The average Bonchev–Trinajstić information content (AvgIpc) is 2.76. The fraction of sp³-hybridized carbons (Fsp3) is 0.400. The van der Waals surface area contributed by atoms with E-state index in [9.17, 15) is 4.79 Å². The van der Waals surface area contributed by atoms with Crippen LogP contribution >= 0.6 is 0 Å². The summed E-state index contributed by atoms with van der Waals surface area (Å²) < 4.78 is 10.8. The molecule has 0 aliphatic rings. The summed E-state index contributed by atoms with van der Waals surface area (Å²) in [4.78, 5) is 12.0. The van der Waals surface area contributed by atoms with Crippen LogP contribution < -0.4 is 9.47 Å². The van der Waals surface area contributed by atoms with Gasteiger partial charge in [-0.05, 0) is 74.7 Å². The van der Waals surface area contributed by atoms with Gasteiger partial charge >= 0.3 is 5.97 Å². The van der Waals surface area contributed by atoms with Crippen LogP contribution in [0.5, 0.6) is 11.5 Å². The maximum absolute atomic E-state index is 12.0. The summed E-state index contributed by atoms with van der Waals surface area (Å²) in [7, 11) is 0. The molecule has 0 amide bonds. The van der Waals surface area contributed by atoms with Gasteiger partial charge in [-0.25, -0.2) is 0 Å². The average molecular weight is 409 g/mol. The SMILES string of the molecule is C=CCCCCCCCCC(=O)Oc1ccc(/N=N/c2ccc(OCC)cc2)cc1. The summed E-state index contributed by atoms with van der Waals surface area (Å²) in [5, 5.41) is 8.41. The van der Waals surface area contributed by atoms with Crippen LogP contribution in [0.2, 0.25) is 0 Å². The first-order valence-electron chi connectivity index (χ1n) is 10.8. The quantitative estimate of drug-likeness (QED) is 0.106. The maximum Gasteiger partial charge on any atom is 0.311 e. The van der Waals surface area contributed by atoms with Gasteiger partial charge in [0.05, 0.1) is 18.0 Å². The monoisotopic (exact) mass is 408 g/mol. The van der Waals surface area contributed by atoms with Gasteiger partial charge in [-0.1, -0.05) is 31.8 Å². The van der Waals surface area contributed by atoms with Gasteiger partial charge in [0.25, 0.3) is 0 Å². The van der Waals surface area contributed by atoms with Crippen molar-refractivity contribution in [2.24, 2.45) is 10.2 Å². The second-order valence-corrected chi connectivity index (χ2v) is 7.04. The third-order valence-corrected chi connectivity index (χ3v) is 4.54. The smallest absolute Gasteiger partial charge is 0.311 e. The number of carbonyl (C=O) groups is 1. The number of hydrogen-bond acceptors (Lipinski definition) is 5. The van der Waals surface area contributed by atoms with Crippen LogP contribution in [0, 0.1) is 0 Å². The fourth-order valence-corrected chi connectivity index (χ4v) is 2.92. The van der Waals surface area contributed by atoms with E-state index in [4.69, 9.17) is 9.47 Å². The molecule has 0 spiro atoms. The van der Waals surface area contributed by atoms with E-state index in [1.54, 1.807) is 24.3 Å². The number of azo groups is 1. The molecule has 0 bridgehead atoms. The lowest BCUT2D eigenvalue weighted by Crippen LogP contribution is -2.07. The highest BCUT2D eigenvalue weighted by Gasteiger charge is 2.05. The summed E-state index contributed by atoms with van der Waals surface area (Å²) in [6.45, 7) is 6.31. The van der Waals surface area contributed by atoms with Gasteiger partial charge in [-0.3, -0.25) is 4.79 Å². The van der Waals surface area contributed by atoms with Crippen molar-refractivity contribution in [1.29, 1.82) is 0 Å². The molecule has 0 aromatic heterocycles. The van der Waals surface area contributed by atoms with Crippen molar-refractivity contribution < 1.29 is 14.3 Å². The molecule has 30 heavy (non-hydrogen) atoms. The molecule has 2 rings (SSSR count).